The van der Waals surface area contributed by atoms with Crippen molar-refractivity contribution in [2.24, 2.45) is 11.7 Å². The molecule has 2 amide bonds. The van der Waals surface area contributed by atoms with Crippen LogP contribution in [-0.2, 0) is 9.59 Å². The molecule has 22 heavy (non-hydrogen) atoms. The largest absolute Gasteiger partial charge is 0.354 e. The van der Waals surface area contributed by atoms with Gasteiger partial charge in [0.1, 0.15) is 0 Å². The Kier molecular flexibility index (Phi) is 10.1. The fraction of sp³-hybridized carbons (Fsp3) is 0.467. The van der Waals surface area contributed by atoms with Crippen LogP contribution in [0.1, 0.15) is 26.7 Å². The van der Waals surface area contributed by atoms with Gasteiger partial charge in [0.15, 0.2) is 0 Å². The van der Waals surface area contributed by atoms with E-state index in [-0.39, 0.29) is 43.1 Å². The highest BCUT2D eigenvalue weighted by molar-refractivity contribution is 9.10. The molecule has 2 atom stereocenters. The van der Waals surface area contributed by atoms with Gasteiger partial charge in [-0.2, -0.15) is 0 Å². The lowest BCUT2D eigenvalue weighted by molar-refractivity contribution is -0.123. The zero-order chi connectivity index (χ0) is 15.8. The highest BCUT2D eigenvalue weighted by atomic mass is 79.9. The van der Waals surface area contributed by atoms with E-state index in [2.05, 4.69) is 26.6 Å². The number of benzene rings is 1. The maximum absolute atomic E-state index is 11.7. The van der Waals surface area contributed by atoms with Crippen LogP contribution < -0.4 is 16.4 Å². The normalized spacial score (nSPS) is 12.7. The first-order chi connectivity index (χ1) is 9.93. The molecule has 0 aliphatic carbocycles. The number of nitrogens with one attached hydrogen (secondary N) is 2. The molecule has 0 aliphatic heterocycles. The third-order valence-corrected chi connectivity index (χ3v) is 3.87. The summed E-state index contributed by atoms with van der Waals surface area (Å²) in [6, 6.07) is 6.79. The summed E-state index contributed by atoms with van der Waals surface area (Å²) in [5.41, 5.74) is 6.54. The van der Waals surface area contributed by atoms with Crippen LogP contribution in [0, 0.1) is 5.92 Å². The van der Waals surface area contributed by atoms with Gasteiger partial charge < -0.3 is 16.4 Å². The van der Waals surface area contributed by atoms with Crippen LogP contribution >= 0.6 is 28.3 Å². The van der Waals surface area contributed by atoms with Gasteiger partial charge in [-0.25, -0.2) is 0 Å². The van der Waals surface area contributed by atoms with Crippen molar-refractivity contribution in [1.29, 1.82) is 0 Å². The molecule has 5 nitrogen and oxygen atoms in total. The molecule has 0 spiro atoms. The van der Waals surface area contributed by atoms with Crippen LogP contribution in [0.25, 0.3) is 0 Å². The number of hydrogen-bond donors (Lipinski definition) is 3. The Hall–Kier alpha value is -1.11. The molecular formula is C15H23BrClN3O2. The Morgan fingerprint density at radius 1 is 1.27 bits per heavy atom. The molecule has 0 bridgehead atoms. The van der Waals surface area contributed by atoms with Crippen LogP contribution in [0.3, 0.4) is 0 Å². The summed E-state index contributed by atoms with van der Waals surface area (Å²) in [6.07, 6.45) is 1.06. The molecule has 1 aromatic rings. The Bertz CT molecular complexity index is 482. The molecule has 0 saturated heterocycles. The second-order valence-electron chi connectivity index (χ2n) is 5.01. The molecule has 0 radical (unpaired) electrons. The molecular weight excluding hydrogens is 370 g/mol. The molecule has 0 fully saturated rings. The number of nitrogens with two attached hydrogens (primary N) is 1. The van der Waals surface area contributed by atoms with Crippen molar-refractivity contribution in [2.45, 2.75) is 32.7 Å². The number of hydrogen-bond acceptors (Lipinski definition) is 3. The number of halogens is 2. The van der Waals surface area contributed by atoms with E-state index in [0.29, 0.717) is 0 Å². The van der Waals surface area contributed by atoms with Crippen molar-refractivity contribution in [1.82, 2.24) is 5.32 Å². The zero-order valence-corrected chi connectivity index (χ0v) is 15.2. The van der Waals surface area contributed by atoms with Crippen LogP contribution in [-0.4, -0.2) is 24.4 Å². The summed E-state index contributed by atoms with van der Waals surface area (Å²) in [5.74, 6) is -0.225. The first-order valence-electron chi connectivity index (χ1n) is 7.02. The fourth-order valence-corrected chi connectivity index (χ4v) is 1.95. The van der Waals surface area contributed by atoms with Crippen molar-refractivity contribution >= 4 is 45.8 Å². The zero-order valence-electron chi connectivity index (χ0n) is 12.8. The number of anilines is 1. The van der Waals surface area contributed by atoms with Crippen molar-refractivity contribution in [3.8, 4) is 0 Å². The second kappa shape index (κ2) is 10.6. The molecule has 0 aromatic heterocycles. The van der Waals surface area contributed by atoms with Crippen molar-refractivity contribution < 1.29 is 9.59 Å². The van der Waals surface area contributed by atoms with Gasteiger partial charge in [0, 0.05) is 23.1 Å². The summed E-state index contributed by atoms with van der Waals surface area (Å²) in [4.78, 5) is 23.5. The quantitative estimate of drug-likeness (QED) is 0.667. The predicted molar refractivity (Wildman–Crippen MR) is 95.1 cm³/mol. The van der Waals surface area contributed by atoms with E-state index in [1.165, 1.54) is 0 Å². The third-order valence-electron chi connectivity index (χ3n) is 3.34. The minimum absolute atomic E-state index is 0. The fourth-order valence-electron chi connectivity index (χ4n) is 1.69. The average molecular weight is 393 g/mol. The Morgan fingerprint density at radius 3 is 2.41 bits per heavy atom. The monoisotopic (exact) mass is 391 g/mol. The Balaban J connectivity index is 0.00000441. The summed E-state index contributed by atoms with van der Waals surface area (Å²) in [6.45, 7) is 4.21. The molecule has 0 saturated carbocycles. The van der Waals surface area contributed by atoms with Crippen LogP contribution in [0.5, 0.6) is 0 Å². The van der Waals surface area contributed by atoms with E-state index < -0.39 is 6.04 Å². The topological polar surface area (TPSA) is 84.2 Å². The summed E-state index contributed by atoms with van der Waals surface area (Å²) < 4.78 is 0.951. The van der Waals surface area contributed by atoms with E-state index in [4.69, 9.17) is 5.73 Å². The van der Waals surface area contributed by atoms with Crippen molar-refractivity contribution in [2.75, 3.05) is 11.9 Å². The summed E-state index contributed by atoms with van der Waals surface area (Å²) in [5, 5.41) is 5.45. The van der Waals surface area contributed by atoms with Crippen molar-refractivity contribution in [3.63, 3.8) is 0 Å². The minimum Gasteiger partial charge on any atom is -0.354 e. The maximum atomic E-state index is 11.7. The van der Waals surface area contributed by atoms with Crippen LogP contribution in [0.4, 0.5) is 5.69 Å². The molecule has 1 aromatic carbocycles. The van der Waals surface area contributed by atoms with Gasteiger partial charge in [0.25, 0.3) is 0 Å². The summed E-state index contributed by atoms with van der Waals surface area (Å²) in [7, 11) is 0. The first kappa shape index (κ1) is 20.9. The van der Waals surface area contributed by atoms with E-state index in [1.54, 1.807) is 12.1 Å². The molecule has 4 N–H and O–H groups in total. The predicted octanol–water partition coefficient (Wildman–Crippen LogP) is 2.69. The van der Waals surface area contributed by atoms with E-state index in [0.717, 1.165) is 16.6 Å². The van der Waals surface area contributed by atoms with Crippen LogP contribution in [0.15, 0.2) is 28.7 Å². The van der Waals surface area contributed by atoms with E-state index in [1.807, 2.05) is 26.0 Å². The van der Waals surface area contributed by atoms with Gasteiger partial charge in [-0.05, 0) is 30.2 Å². The second-order valence-corrected chi connectivity index (χ2v) is 5.92. The van der Waals surface area contributed by atoms with Gasteiger partial charge in [-0.1, -0.05) is 36.2 Å². The lowest BCUT2D eigenvalue weighted by atomic mass is 9.99. The van der Waals surface area contributed by atoms with Gasteiger partial charge in [-0.3, -0.25) is 9.59 Å². The van der Waals surface area contributed by atoms with E-state index >= 15 is 0 Å². The third kappa shape index (κ3) is 7.24. The number of rotatable bonds is 7. The lowest BCUT2D eigenvalue weighted by Crippen LogP contribution is -2.45. The molecule has 1 rings (SSSR count). The number of amides is 2. The van der Waals surface area contributed by atoms with Gasteiger partial charge in [0.2, 0.25) is 11.8 Å². The Labute approximate surface area is 145 Å². The smallest absolute Gasteiger partial charge is 0.237 e. The molecule has 2 unspecified atom stereocenters. The van der Waals surface area contributed by atoms with Gasteiger partial charge >= 0.3 is 0 Å². The first-order valence-corrected chi connectivity index (χ1v) is 7.82. The maximum Gasteiger partial charge on any atom is 0.237 e. The molecule has 124 valence electrons. The minimum atomic E-state index is -0.524. The molecule has 0 aliphatic rings. The SMILES string of the molecule is CCC(C)C(N)C(=O)NCCC(=O)Nc1ccc(Br)cc1.Cl. The highest BCUT2D eigenvalue weighted by Gasteiger charge is 2.18. The van der Waals surface area contributed by atoms with Crippen LogP contribution in [0.2, 0.25) is 0 Å². The van der Waals surface area contributed by atoms with Gasteiger partial charge in [0.05, 0.1) is 6.04 Å². The summed E-state index contributed by atoms with van der Waals surface area (Å²) >= 11 is 3.33. The molecule has 7 heteroatoms. The Morgan fingerprint density at radius 2 is 1.86 bits per heavy atom. The molecule has 0 heterocycles. The van der Waals surface area contributed by atoms with Crippen molar-refractivity contribution in [3.05, 3.63) is 28.7 Å². The lowest BCUT2D eigenvalue weighted by Gasteiger charge is -2.17. The van der Waals surface area contributed by atoms with Gasteiger partial charge in [-0.15, -0.1) is 12.4 Å². The van der Waals surface area contributed by atoms with E-state index in [9.17, 15) is 9.59 Å². The highest BCUT2D eigenvalue weighted by Crippen LogP contribution is 2.14. The number of carbonyl (C=O) groups excluding carboxylic acids is 2. The average Bonchev–Trinajstić information content (AvgIpc) is 2.47. The standard InChI is InChI=1S/C15H22BrN3O2.ClH/c1-3-10(2)14(17)15(21)18-9-8-13(20)19-12-6-4-11(16)5-7-12;/h4-7,10,14H,3,8-9,17H2,1-2H3,(H,18,21)(H,19,20);1H. The number of carbonyl (C=O) groups is 2.